The van der Waals surface area contributed by atoms with Gasteiger partial charge in [0.05, 0.1) is 31.9 Å². The highest BCUT2D eigenvalue weighted by Crippen LogP contribution is 2.41. The predicted molar refractivity (Wildman–Crippen MR) is 109 cm³/mol. The summed E-state index contributed by atoms with van der Waals surface area (Å²) in [7, 11) is 4.74. The van der Waals surface area contributed by atoms with Crippen LogP contribution >= 0.6 is 34.5 Å². The molecule has 0 aliphatic rings. The number of hydrogen-bond donors (Lipinski definition) is 0. The molecule has 0 saturated carbocycles. The van der Waals surface area contributed by atoms with E-state index in [0.29, 0.717) is 48.7 Å². The Morgan fingerprint density at radius 3 is 2.25 bits per heavy atom. The van der Waals surface area contributed by atoms with E-state index in [2.05, 4.69) is 15.3 Å². The van der Waals surface area contributed by atoms with Gasteiger partial charge in [-0.25, -0.2) is 0 Å². The van der Waals surface area contributed by atoms with Crippen LogP contribution < -0.4 is 14.2 Å². The number of benzene rings is 2. The molecular formula is C18H14Cl2N4O3S. The summed E-state index contributed by atoms with van der Waals surface area (Å²) < 4.78 is 17.9. The van der Waals surface area contributed by atoms with Crippen molar-refractivity contribution in [3.8, 4) is 39.2 Å². The number of rotatable bonds is 5. The van der Waals surface area contributed by atoms with Crippen molar-refractivity contribution in [1.82, 2.24) is 19.8 Å². The Balaban J connectivity index is 1.87. The minimum absolute atomic E-state index is 0.472. The molecule has 0 saturated heterocycles. The smallest absolute Gasteiger partial charge is 0.235 e. The van der Waals surface area contributed by atoms with Gasteiger partial charge in [0.25, 0.3) is 0 Å². The molecule has 0 fully saturated rings. The molecule has 0 bridgehead atoms. The summed E-state index contributed by atoms with van der Waals surface area (Å²) in [5, 5.41) is 14.8. The van der Waals surface area contributed by atoms with Crippen molar-refractivity contribution < 1.29 is 14.2 Å². The lowest BCUT2D eigenvalue weighted by atomic mass is 10.2. The van der Waals surface area contributed by atoms with Gasteiger partial charge in [0.15, 0.2) is 22.3 Å². The maximum atomic E-state index is 6.33. The van der Waals surface area contributed by atoms with E-state index in [1.807, 2.05) is 6.07 Å². The zero-order valence-corrected chi connectivity index (χ0v) is 17.4. The molecule has 0 aliphatic heterocycles. The summed E-state index contributed by atoms with van der Waals surface area (Å²) in [6, 6.07) is 8.77. The Labute approximate surface area is 174 Å². The molecule has 0 unspecified atom stereocenters. The van der Waals surface area contributed by atoms with Crippen molar-refractivity contribution in [2.45, 2.75) is 0 Å². The Kier molecular flexibility index (Phi) is 5.01. The molecule has 2 aromatic heterocycles. The lowest BCUT2D eigenvalue weighted by Crippen LogP contribution is -1.96. The van der Waals surface area contributed by atoms with Crippen LogP contribution in [0.15, 0.2) is 30.3 Å². The van der Waals surface area contributed by atoms with E-state index in [1.165, 1.54) is 11.3 Å². The fourth-order valence-electron chi connectivity index (χ4n) is 2.76. The SMILES string of the molecule is COc1cc(OC)c(-c2nn3c(-c4ccc(Cl)cc4Cl)nnc3s2)cc1OC. The topological polar surface area (TPSA) is 70.8 Å². The summed E-state index contributed by atoms with van der Waals surface area (Å²) in [6.45, 7) is 0. The van der Waals surface area contributed by atoms with Crippen LogP contribution in [0.2, 0.25) is 10.0 Å². The number of fused-ring (bicyclic) bond motifs is 1. The van der Waals surface area contributed by atoms with Crippen LogP contribution in [-0.2, 0) is 0 Å². The molecule has 0 amide bonds. The number of halogens is 2. The fraction of sp³-hybridized carbons (Fsp3) is 0.167. The monoisotopic (exact) mass is 436 g/mol. The molecule has 4 rings (SSSR count). The van der Waals surface area contributed by atoms with Gasteiger partial charge in [-0.15, -0.1) is 10.2 Å². The number of hydrogen-bond acceptors (Lipinski definition) is 7. The van der Waals surface area contributed by atoms with Gasteiger partial charge in [-0.3, -0.25) is 0 Å². The van der Waals surface area contributed by atoms with E-state index in [9.17, 15) is 0 Å². The van der Waals surface area contributed by atoms with Crippen LogP contribution in [0.4, 0.5) is 0 Å². The summed E-state index contributed by atoms with van der Waals surface area (Å²) in [6.07, 6.45) is 0. The number of aromatic nitrogens is 4. The van der Waals surface area contributed by atoms with Gasteiger partial charge in [0, 0.05) is 16.7 Å². The molecular weight excluding hydrogens is 423 g/mol. The minimum atomic E-state index is 0.472. The van der Waals surface area contributed by atoms with Crippen molar-refractivity contribution >= 4 is 39.5 Å². The average Bonchev–Trinajstić information content (AvgIpc) is 3.28. The van der Waals surface area contributed by atoms with E-state index in [-0.39, 0.29) is 0 Å². The molecule has 0 spiro atoms. The summed E-state index contributed by atoms with van der Waals surface area (Å²) in [5.41, 5.74) is 1.44. The fourth-order valence-corrected chi connectivity index (χ4v) is 4.11. The standard InChI is InChI=1S/C18H14Cl2N4O3S/c1-25-13-8-15(27-3)14(26-2)7-11(13)17-23-24-16(21-22-18(24)28-17)10-5-4-9(19)6-12(10)20/h4-8H,1-3H3. The van der Waals surface area contributed by atoms with Crippen molar-refractivity contribution in [2.75, 3.05) is 21.3 Å². The molecule has 2 aromatic carbocycles. The van der Waals surface area contributed by atoms with E-state index in [1.54, 1.807) is 50.1 Å². The zero-order valence-electron chi connectivity index (χ0n) is 15.1. The summed E-state index contributed by atoms with van der Waals surface area (Å²) >= 11 is 13.7. The first-order chi connectivity index (χ1) is 13.5. The first kappa shape index (κ1) is 18.8. The summed E-state index contributed by atoms with van der Waals surface area (Å²) in [4.78, 5) is 0.618. The molecule has 0 aliphatic carbocycles. The average molecular weight is 437 g/mol. The highest BCUT2D eigenvalue weighted by Gasteiger charge is 2.20. The predicted octanol–water partition coefficient (Wildman–Crippen LogP) is 4.85. The first-order valence-electron chi connectivity index (χ1n) is 8.03. The van der Waals surface area contributed by atoms with Crippen molar-refractivity contribution in [1.29, 1.82) is 0 Å². The zero-order chi connectivity index (χ0) is 19.8. The van der Waals surface area contributed by atoms with Gasteiger partial charge in [0.1, 0.15) is 5.75 Å². The molecule has 0 atom stereocenters. The lowest BCUT2D eigenvalue weighted by Gasteiger charge is -2.12. The number of ether oxygens (including phenoxy) is 3. The third-order valence-electron chi connectivity index (χ3n) is 4.10. The van der Waals surface area contributed by atoms with Gasteiger partial charge in [-0.05, 0) is 24.3 Å². The van der Waals surface area contributed by atoms with Gasteiger partial charge in [-0.1, -0.05) is 34.5 Å². The maximum Gasteiger partial charge on any atom is 0.235 e. The molecule has 10 heteroatoms. The van der Waals surface area contributed by atoms with Crippen LogP contribution in [-0.4, -0.2) is 41.1 Å². The van der Waals surface area contributed by atoms with Gasteiger partial charge < -0.3 is 14.2 Å². The Morgan fingerprint density at radius 1 is 0.857 bits per heavy atom. The molecule has 2 heterocycles. The number of methoxy groups -OCH3 is 3. The van der Waals surface area contributed by atoms with Crippen LogP contribution in [0.1, 0.15) is 0 Å². The highest BCUT2D eigenvalue weighted by atomic mass is 35.5. The van der Waals surface area contributed by atoms with Crippen LogP contribution in [0, 0.1) is 0 Å². The third-order valence-corrected chi connectivity index (χ3v) is 5.58. The van der Waals surface area contributed by atoms with E-state index < -0.39 is 0 Å². The quantitative estimate of drug-likeness (QED) is 0.445. The maximum absolute atomic E-state index is 6.33. The normalized spacial score (nSPS) is 11.0. The second-order valence-electron chi connectivity index (χ2n) is 5.66. The second-order valence-corrected chi connectivity index (χ2v) is 7.46. The second kappa shape index (κ2) is 7.46. The van der Waals surface area contributed by atoms with Crippen LogP contribution in [0.25, 0.3) is 26.9 Å². The Morgan fingerprint density at radius 2 is 1.57 bits per heavy atom. The molecule has 0 N–H and O–H groups in total. The van der Waals surface area contributed by atoms with E-state index >= 15 is 0 Å². The Hall–Kier alpha value is -2.55. The largest absolute Gasteiger partial charge is 0.496 e. The van der Waals surface area contributed by atoms with Gasteiger partial charge in [0.2, 0.25) is 4.96 Å². The molecule has 144 valence electrons. The van der Waals surface area contributed by atoms with Crippen LogP contribution in [0.5, 0.6) is 17.2 Å². The summed E-state index contributed by atoms with van der Waals surface area (Å²) in [5.74, 6) is 2.28. The van der Waals surface area contributed by atoms with Crippen molar-refractivity contribution in [3.63, 3.8) is 0 Å². The number of nitrogens with zero attached hydrogens (tertiary/aromatic N) is 4. The molecule has 28 heavy (non-hydrogen) atoms. The van der Waals surface area contributed by atoms with E-state index in [4.69, 9.17) is 37.4 Å². The Bertz CT molecular complexity index is 1180. The lowest BCUT2D eigenvalue weighted by molar-refractivity contribution is 0.349. The third kappa shape index (κ3) is 3.13. The van der Waals surface area contributed by atoms with Crippen LogP contribution in [0.3, 0.4) is 0 Å². The van der Waals surface area contributed by atoms with Gasteiger partial charge >= 0.3 is 0 Å². The molecule has 4 aromatic rings. The minimum Gasteiger partial charge on any atom is -0.496 e. The first-order valence-corrected chi connectivity index (χ1v) is 9.61. The van der Waals surface area contributed by atoms with Gasteiger partial charge in [-0.2, -0.15) is 9.61 Å². The van der Waals surface area contributed by atoms with Crippen molar-refractivity contribution in [2.24, 2.45) is 0 Å². The molecule has 7 nitrogen and oxygen atoms in total. The van der Waals surface area contributed by atoms with E-state index in [0.717, 1.165) is 5.56 Å². The molecule has 0 radical (unpaired) electrons. The van der Waals surface area contributed by atoms with Crippen molar-refractivity contribution in [3.05, 3.63) is 40.4 Å². The highest BCUT2D eigenvalue weighted by molar-refractivity contribution is 7.19.